The van der Waals surface area contributed by atoms with E-state index >= 15 is 0 Å². The van der Waals surface area contributed by atoms with Gasteiger partial charge in [0.15, 0.2) is 12.4 Å². The summed E-state index contributed by atoms with van der Waals surface area (Å²) in [5.41, 5.74) is 0.220. The smallest absolute Gasteiger partial charge is 0.333 e. The van der Waals surface area contributed by atoms with E-state index in [1.165, 1.54) is 13.8 Å². The molecule has 0 radical (unpaired) electrons. The lowest BCUT2D eigenvalue weighted by Crippen LogP contribution is -2.60. The van der Waals surface area contributed by atoms with Gasteiger partial charge in [-0.2, -0.15) is 0 Å². The topological polar surface area (TPSA) is 123 Å². The van der Waals surface area contributed by atoms with Crippen molar-refractivity contribution < 1.29 is 39.1 Å². The molecule has 8 heteroatoms. The Morgan fingerprint density at radius 1 is 1.05 bits per heavy atom. The molecule has 0 aromatic heterocycles. The molecular weight excluding hydrogens is 296 g/mol. The van der Waals surface area contributed by atoms with Gasteiger partial charge >= 0.3 is 11.9 Å². The van der Waals surface area contributed by atoms with E-state index in [-0.39, 0.29) is 11.1 Å². The molecular formula is C14H20O8. The number of carbonyl (C=O) groups is 2. The zero-order chi connectivity index (χ0) is 17.0. The number of carbonyl (C=O) groups excluding carboxylic acids is 2. The van der Waals surface area contributed by atoms with Crippen LogP contribution in [0.2, 0.25) is 0 Å². The Balaban J connectivity index is 2.83. The molecule has 1 fully saturated rings. The van der Waals surface area contributed by atoms with Gasteiger partial charge in [0.25, 0.3) is 0 Å². The Bertz CT molecular complexity index is 471. The van der Waals surface area contributed by atoms with Crippen LogP contribution in [-0.2, 0) is 23.8 Å². The van der Waals surface area contributed by atoms with E-state index in [1.54, 1.807) is 0 Å². The van der Waals surface area contributed by atoms with Gasteiger partial charge in [-0.15, -0.1) is 0 Å². The lowest BCUT2D eigenvalue weighted by Gasteiger charge is -2.39. The Kier molecular flexibility index (Phi) is 6.24. The molecule has 0 spiro atoms. The number of hydrogen-bond donors (Lipinski definition) is 3. The third kappa shape index (κ3) is 4.38. The molecule has 0 saturated carbocycles. The summed E-state index contributed by atoms with van der Waals surface area (Å²) >= 11 is 0. The summed E-state index contributed by atoms with van der Waals surface area (Å²) in [6, 6.07) is 0. The van der Waals surface area contributed by atoms with Crippen LogP contribution in [0, 0.1) is 0 Å². The van der Waals surface area contributed by atoms with E-state index in [9.17, 15) is 24.9 Å². The molecule has 2 unspecified atom stereocenters. The highest BCUT2D eigenvalue weighted by Gasteiger charge is 2.46. The summed E-state index contributed by atoms with van der Waals surface area (Å²) in [7, 11) is 0. The fraction of sp³-hybridized carbons (Fsp3) is 0.571. The first-order chi connectivity index (χ1) is 10.1. The first kappa shape index (κ1) is 18.3. The Morgan fingerprint density at radius 3 is 2.09 bits per heavy atom. The maximum atomic E-state index is 11.6. The molecule has 3 N–H and O–H groups in total. The van der Waals surface area contributed by atoms with E-state index in [0.717, 1.165) is 0 Å². The van der Waals surface area contributed by atoms with E-state index in [2.05, 4.69) is 13.2 Å². The molecule has 0 aromatic rings. The van der Waals surface area contributed by atoms with Crippen LogP contribution in [0.3, 0.4) is 0 Å². The van der Waals surface area contributed by atoms with E-state index in [1.807, 2.05) is 0 Å². The Hall–Kier alpha value is -1.74. The molecule has 124 valence electrons. The standard InChI is InChI=1S/C14H20O8/c1-6(2)12(17)20-5-8-11(22-13(18)7(3)4)9(15)10(16)14(19)21-8/h8-11,14-16,19H,1,3,5H2,2,4H3/t8-,9?,10?,11+,14+/m0/s1. The summed E-state index contributed by atoms with van der Waals surface area (Å²) in [6.45, 7) is 9.24. The molecule has 0 bridgehead atoms. The first-order valence-electron chi connectivity index (χ1n) is 6.54. The van der Waals surface area contributed by atoms with Gasteiger partial charge < -0.3 is 29.5 Å². The summed E-state index contributed by atoms with van der Waals surface area (Å²) in [4.78, 5) is 23.0. The highest BCUT2D eigenvalue weighted by Crippen LogP contribution is 2.23. The van der Waals surface area contributed by atoms with Crippen LogP contribution < -0.4 is 0 Å². The third-order valence-corrected chi connectivity index (χ3v) is 2.98. The largest absolute Gasteiger partial charge is 0.459 e. The van der Waals surface area contributed by atoms with Gasteiger partial charge in [0, 0.05) is 11.1 Å². The first-order valence-corrected chi connectivity index (χ1v) is 6.54. The lowest BCUT2D eigenvalue weighted by atomic mass is 9.99. The molecule has 1 aliphatic heterocycles. The van der Waals surface area contributed by atoms with Crippen molar-refractivity contribution in [3.8, 4) is 0 Å². The number of ether oxygens (including phenoxy) is 3. The van der Waals surface area contributed by atoms with Crippen LogP contribution >= 0.6 is 0 Å². The predicted octanol–water partition coefficient (Wildman–Crippen LogP) is -0.967. The van der Waals surface area contributed by atoms with Gasteiger partial charge in [-0.05, 0) is 13.8 Å². The van der Waals surface area contributed by atoms with Crippen LogP contribution in [0.1, 0.15) is 13.8 Å². The van der Waals surface area contributed by atoms with Crippen molar-refractivity contribution in [3.63, 3.8) is 0 Å². The zero-order valence-electron chi connectivity index (χ0n) is 12.4. The van der Waals surface area contributed by atoms with Crippen LogP contribution in [-0.4, -0.2) is 64.6 Å². The Morgan fingerprint density at radius 2 is 1.59 bits per heavy atom. The van der Waals surface area contributed by atoms with Crippen molar-refractivity contribution in [2.45, 2.75) is 44.6 Å². The number of rotatable bonds is 5. The average Bonchev–Trinajstić information content (AvgIpc) is 2.45. The molecule has 8 nitrogen and oxygen atoms in total. The molecule has 1 aliphatic rings. The molecule has 5 atom stereocenters. The molecule has 1 saturated heterocycles. The summed E-state index contributed by atoms with van der Waals surface area (Å²) in [6.07, 6.45) is -7.47. The fourth-order valence-corrected chi connectivity index (χ4v) is 1.70. The third-order valence-electron chi connectivity index (χ3n) is 2.98. The van der Waals surface area contributed by atoms with Crippen molar-refractivity contribution in [1.82, 2.24) is 0 Å². The maximum Gasteiger partial charge on any atom is 0.333 e. The van der Waals surface area contributed by atoms with Crippen LogP contribution in [0.5, 0.6) is 0 Å². The summed E-state index contributed by atoms with van der Waals surface area (Å²) in [5, 5.41) is 29.0. The van der Waals surface area contributed by atoms with Gasteiger partial charge in [-0.1, -0.05) is 13.2 Å². The van der Waals surface area contributed by atoms with Gasteiger partial charge in [-0.3, -0.25) is 0 Å². The minimum Gasteiger partial charge on any atom is -0.459 e. The van der Waals surface area contributed by atoms with Gasteiger partial charge in [0.2, 0.25) is 0 Å². The highest BCUT2D eigenvalue weighted by atomic mass is 16.7. The molecule has 0 amide bonds. The normalized spacial score (nSPS) is 31.2. The quantitative estimate of drug-likeness (QED) is 0.437. The van der Waals surface area contributed by atoms with E-state index < -0.39 is 49.3 Å². The van der Waals surface area contributed by atoms with Crippen LogP contribution in [0.25, 0.3) is 0 Å². The molecule has 1 heterocycles. The number of aliphatic hydroxyl groups excluding tert-OH is 3. The molecule has 22 heavy (non-hydrogen) atoms. The average molecular weight is 316 g/mol. The summed E-state index contributed by atoms with van der Waals surface area (Å²) in [5.74, 6) is -1.52. The minimum absolute atomic E-state index is 0.0745. The van der Waals surface area contributed by atoms with Gasteiger partial charge in [-0.25, -0.2) is 9.59 Å². The Labute approximate surface area is 127 Å². The van der Waals surface area contributed by atoms with Gasteiger partial charge in [0.1, 0.15) is 24.9 Å². The number of hydrogen-bond acceptors (Lipinski definition) is 8. The lowest BCUT2D eigenvalue weighted by molar-refractivity contribution is -0.289. The molecule has 0 aliphatic carbocycles. The highest BCUT2D eigenvalue weighted by molar-refractivity contribution is 5.87. The number of aliphatic hydroxyl groups is 3. The number of esters is 2. The molecule has 1 rings (SSSR count). The minimum atomic E-state index is -1.71. The summed E-state index contributed by atoms with van der Waals surface area (Å²) < 4.78 is 14.9. The van der Waals surface area contributed by atoms with Crippen molar-refractivity contribution in [3.05, 3.63) is 24.3 Å². The van der Waals surface area contributed by atoms with Crippen molar-refractivity contribution in [2.75, 3.05) is 6.61 Å². The predicted molar refractivity (Wildman–Crippen MR) is 73.4 cm³/mol. The maximum absolute atomic E-state index is 11.6. The SMILES string of the molecule is C=C(C)C(=O)OC[C@@H]1O[C@@H](O)C(O)C(O)[C@@H]1OC(=O)C(=C)C. The van der Waals surface area contributed by atoms with E-state index in [4.69, 9.17) is 14.2 Å². The van der Waals surface area contributed by atoms with Crippen LogP contribution in [0.4, 0.5) is 0 Å². The molecule has 0 aromatic carbocycles. The van der Waals surface area contributed by atoms with Crippen LogP contribution in [0.15, 0.2) is 24.3 Å². The second-order valence-electron chi connectivity index (χ2n) is 5.08. The second-order valence-corrected chi connectivity index (χ2v) is 5.08. The van der Waals surface area contributed by atoms with Crippen molar-refractivity contribution >= 4 is 11.9 Å². The van der Waals surface area contributed by atoms with Crippen molar-refractivity contribution in [2.24, 2.45) is 0 Å². The van der Waals surface area contributed by atoms with Crippen molar-refractivity contribution in [1.29, 1.82) is 0 Å². The fourth-order valence-electron chi connectivity index (χ4n) is 1.70. The monoisotopic (exact) mass is 316 g/mol. The second kappa shape index (κ2) is 7.50. The van der Waals surface area contributed by atoms with E-state index in [0.29, 0.717) is 0 Å². The van der Waals surface area contributed by atoms with Gasteiger partial charge in [0.05, 0.1) is 0 Å². The zero-order valence-corrected chi connectivity index (χ0v) is 12.4.